The van der Waals surface area contributed by atoms with Gasteiger partial charge < -0.3 is 19.8 Å². The molecule has 2 unspecified atom stereocenters. The second-order valence-corrected chi connectivity index (χ2v) is 6.81. The van der Waals surface area contributed by atoms with Gasteiger partial charge >= 0.3 is 0 Å². The molecule has 1 fully saturated rings. The number of para-hydroxylation sites is 2. The van der Waals surface area contributed by atoms with E-state index in [1.807, 2.05) is 43.3 Å². The number of carbonyl (C=O) groups is 1. The van der Waals surface area contributed by atoms with Gasteiger partial charge in [0.25, 0.3) is 5.91 Å². The Morgan fingerprint density at radius 1 is 1.33 bits per heavy atom. The van der Waals surface area contributed by atoms with Crippen LogP contribution in [0, 0.1) is 0 Å². The number of amides is 1. The zero-order valence-electron chi connectivity index (χ0n) is 15.3. The highest BCUT2D eigenvalue weighted by Crippen LogP contribution is 2.19. The van der Waals surface area contributed by atoms with Crippen LogP contribution in [0.1, 0.15) is 42.0 Å². The molecule has 27 heavy (non-hydrogen) atoms. The number of nitrogens with zero attached hydrogens (tertiary/aromatic N) is 1. The average molecular weight is 365 g/mol. The summed E-state index contributed by atoms with van der Waals surface area (Å²) in [5, 5.41) is 2.98. The van der Waals surface area contributed by atoms with E-state index in [0.29, 0.717) is 17.9 Å². The van der Waals surface area contributed by atoms with Crippen LogP contribution in [0.4, 0.5) is 0 Å². The van der Waals surface area contributed by atoms with Crippen LogP contribution in [0.5, 0.6) is 5.75 Å². The molecule has 6 heteroatoms. The van der Waals surface area contributed by atoms with Gasteiger partial charge in [0.15, 0.2) is 0 Å². The maximum Gasteiger partial charge on any atom is 0.251 e. The van der Waals surface area contributed by atoms with Gasteiger partial charge in [0.1, 0.15) is 18.2 Å². The normalized spacial score (nSPS) is 17.7. The van der Waals surface area contributed by atoms with Crippen LogP contribution in [0.2, 0.25) is 0 Å². The number of fused-ring (bicyclic) bond motifs is 1. The molecule has 0 aliphatic carbocycles. The van der Waals surface area contributed by atoms with Crippen molar-refractivity contribution in [2.75, 3.05) is 13.2 Å². The molecule has 0 spiro atoms. The minimum Gasteiger partial charge on any atom is -0.491 e. The van der Waals surface area contributed by atoms with Crippen LogP contribution >= 0.6 is 0 Å². The van der Waals surface area contributed by atoms with Gasteiger partial charge in [0, 0.05) is 12.2 Å². The maximum atomic E-state index is 12.6. The Bertz CT molecular complexity index is 898. The molecule has 1 saturated heterocycles. The summed E-state index contributed by atoms with van der Waals surface area (Å²) in [6.45, 7) is 3.23. The van der Waals surface area contributed by atoms with Crippen molar-refractivity contribution in [2.24, 2.45) is 0 Å². The van der Waals surface area contributed by atoms with Crippen molar-refractivity contribution >= 4 is 16.9 Å². The van der Waals surface area contributed by atoms with E-state index in [2.05, 4.69) is 15.3 Å². The maximum absolute atomic E-state index is 12.6. The molecule has 0 bridgehead atoms. The summed E-state index contributed by atoms with van der Waals surface area (Å²) in [5.41, 5.74) is 2.40. The number of H-pyrrole nitrogens is 1. The Balaban J connectivity index is 1.40. The number of carbonyl (C=O) groups excluding carboxylic acids is 1. The molecule has 1 aliphatic heterocycles. The standard InChI is InChI=1S/C21H23N3O3/c1-14(20-23-18-9-2-3-10-19(18)24-20)22-21(25)15-6-4-7-16(12-15)27-13-17-8-5-11-26-17/h2-4,6-7,9-10,12,14,17H,5,8,11,13H2,1H3,(H,22,25)(H,23,24). The number of nitrogens with one attached hydrogen (secondary N) is 2. The van der Waals surface area contributed by atoms with Gasteiger partial charge in [-0.3, -0.25) is 4.79 Å². The lowest BCUT2D eigenvalue weighted by Crippen LogP contribution is -2.27. The number of aromatic amines is 1. The Morgan fingerprint density at radius 2 is 2.22 bits per heavy atom. The molecule has 2 N–H and O–H groups in total. The Hall–Kier alpha value is -2.86. The van der Waals surface area contributed by atoms with E-state index < -0.39 is 0 Å². The molecule has 4 rings (SSSR count). The molecule has 2 atom stereocenters. The zero-order valence-corrected chi connectivity index (χ0v) is 15.3. The van der Waals surface area contributed by atoms with Crippen molar-refractivity contribution in [1.82, 2.24) is 15.3 Å². The lowest BCUT2D eigenvalue weighted by Gasteiger charge is -2.14. The number of aromatic nitrogens is 2. The van der Waals surface area contributed by atoms with Gasteiger partial charge in [-0.25, -0.2) is 4.98 Å². The van der Waals surface area contributed by atoms with Gasteiger partial charge in [-0.2, -0.15) is 0 Å². The van der Waals surface area contributed by atoms with Crippen LogP contribution in [0.25, 0.3) is 11.0 Å². The summed E-state index contributed by atoms with van der Waals surface area (Å²) >= 11 is 0. The number of ether oxygens (including phenoxy) is 2. The first-order chi connectivity index (χ1) is 13.2. The number of rotatable bonds is 6. The SMILES string of the molecule is CC(NC(=O)c1cccc(OCC2CCCO2)c1)c1nc2ccccc2[nH]1. The number of hydrogen-bond donors (Lipinski definition) is 2. The van der Waals surface area contributed by atoms with E-state index in [0.717, 1.165) is 36.3 Å². The fourth-order valence-corrected chi connectivity index (χ4v) is 3.22. The molecule has 0 radical (unpaired) electrons. The van der Waals surface area contributed by atoms with E-state index in [9.17, 15) is 4.79 Å². The number of imidazole rings is 1. The fourth-order valence-electron chi connectivity index (χ4n) is 3.22. The van der Waals surface area contributed by atoms with Crippen molar-refractivity contribution in [1.29, 1.82) is 0 Å². The fraction of sp³-hybridized carbons (Fsp3) is 0.333. The quantitative estimate of drug-likeness (QED) is 0.700. The predicted octanol–water partition coefficient (Wildman–Crippen LogP) is 3.61. The van der Waals surface area contributed by atoms with Crippen molar-refractivity contribution in [3.05, 3.63) is 59.9 Å². The van der Waals surface area contributed by atoms with E-state index in [1.165, 1.54) is 0 Å². The molecule has 2 heterocycles. The van der Waals surface area contributed by atoms with E-state index in [4.69, 9.17) is 9.47 Å². The summed E-state index contributed by atoms with van der Waals surface area (Å²) in [6.07, 6.45) is 2.25. The molecule has 3 aromatic rings. The lowest BCUT2D eigenvalue weighted by molar-refractivity contribution is 0.0679. The minimum atomic E-state index is -0.235. The topological polar surface area (TPSA) is 76.2 Å². The molecule has 140 valence electrons. The van der Waals surface area contributed by atoms with Gasteiger partial charge in [-0.15, -0.1) is 0 Å². The van der Waals surface area contributed by atoms with Crippen molar-refractivity contribution in [3.8, 4) is 5.75 Å². The first-order valence-electron chi connectivity index (χ1n) is 9.29. The van der Waals surface area contributed by atoms with Crippen molar-refractivity contribution in [3.63, 3.8) is 0 Å². The molecule has 1 aromatic heterocycles. The molecule has 2 aromatic carbocycles. The zero-order chi connectivity index (χ0) is 18.6. The Morgan fingerprint density at radius 3 is 3.04 bits per heavy atom. The summed E-state index contributed by atoms with van der Waals surface area (Å²) in [7, 11) is 0. The minimum absolute atomic E-state index is 0.149. The van der Waals surface area contributed by atoms with E-state index in [-0.39, 0.29) is 18.1 Å². The summed E-state index contributed by atoms with van der Waals surface area (Å²) in [4.78, 5) is 20.4. The molecular formula is C21H23N3O3. The van der Waals surface area contributed by atoms with Gasteiger partial charge in [0.2, 0.25) is 0 Å². The highest BCUT2D eigenvalue weighted by atomic mass is 16.5. The van der Waals surface area contributed by atoms with E-state index >= 15 is 0 Å². The third kappa shape index (κ3) is 4.11. The summed E-state index contributed by atoms with van der Waals surface area (Å²) in [6, 6.07) is 14.8. The average Bonchev–Trinajstić information content (AvgIpc) is 3.36. The third-order valence-corrected chi connectivity index (χ3v) is 4.72. The van der Waals surface area contributed by atoms with Crippen LogP contribution in [-0.2, 0) is 4.74 Å². The lowest BCUT2D eigenvalue weighted by atomic mass is 10.2. The van der Waals surface area contributed by atoms with E-state index in [1.54, 1.807) is 12.1 Å². The molecule has 1 aliphatic rings. The first-order valence-corrected chi connectivity index (χ1v) is 9.29. The van der Waals surface area contributed by atoms with Gasteiger partial charge in [0.05, 0.1) is 23.2 Å². The van der Waals surface area contributed by atoms with Gasteiger partial charge in [-0.1, -0.05) is 18.2 Å². The highest BCUT2D eigenvalue weighted by Gasteiger charge is 2.17. The smallest absolute Gasteiger partial charge is 0.251 e. The van der Waals surface area contributed by atoms with Crippen LogP contribution in [0.3, 0.4) is 0 Å². The Kier molecular flexibility index (Phi) is 5.07. The second-order valence-electron chi connectivity index (χ2n) is 6.81. The summed E-state index contributed by atoms with van der Waals surface area (Å²) < 4.78 is 11.4. The monoisotopic (exact) mass is 365 g/mol. The highest BCUT2D eigenvalue weighted by molar-refractivity contribution is 5.94. The number of hydrogen-bond acceptors (Lipinski definition) is 4. The van der Waals surface area contributed by atoms with Crippen LogP contribution in [-0.4, -0.2) is 35.2 Å². The molecule has 1 amide bonds. The molecular weight excluding hydrogens is 342 g/mol. The molecule has 6 nitrogen and oxygen atoms in total. The third-order valence-electron chi connectivity index (χ3n) is 4.72. The predicted molar refractivity (Wildman–Crippen MR) is 103 cm³/mol. The summed E-state index contributed by atoms with van der Waals surface area (Å²) in [5.74, 6) is 1.25. The first kappa shape index (κ1) is 17.5. The van der Waals surface area contributed by atoms with Crippen LogP contribution in [0.15, 0.2) is 48.5 Å². The van der Waals surface area contributed by atoms with Crippen molar-refractivity contribution in [2.45, 2.75) is 31.9 Å². The van der Waals surface area contributed by atoms with Gasteiger partial charge in [-0.05, 0) is 50.1 Å². The van der Waals surface area contributed by atoms with Crippen molar-refractivity contribution < 1.29 is 14.3 Å². The largest absolute Gasteiger partial charge is 0.491 e. The molecule has 0 saturated carbocycles. The Labute approximate surface area is 157 Å². The van der Waals surface area contributed by atoms with Crippen LogP contribution < -0.4 is 10.1 Å². The number of benzene rings is 2. The second kappa shape index (κ2) is 7.80.